The average molecular weight is 441 g/mol. The van der Waals surface area contributed by atoms with Gasteiger partial charge in [0.1, 0.15) is 0 Å². The van der Waals surface area contributed by atoms with Gasteiger partial charge in [0.2, 0.25) is 0 Å². The lowest BCUT2D eigenvalue weighted by molar-refractivity contribution is 0.102. The Morgan fingerprint density at radius 3 is 2.48 bits per heavy atom. The van der Waals surface area contributed by atoms with E-state index in [9.17, 15) is 13.2 Å². The quantitative estimate of drug-likeness (QED) is 0.610. The molecule has 9 heteroatoms. The monoisotopic (exact) mass is 440 g/mol. The first kappa shape index (κ1) is 19.8. The molecule has 1 aromatic heterocycles. The predicted molar refractivity (Wildman–Crippen MR) is 111 cm³/mol. The predicted octanol–water partition coefficient (Wildman–Crippen LogP) is 4.91. The molecule has 0 aliphatic rings. The molecule has 0 radical (unpaired) electrons. The molecule has 1 amide bonds. The number of sulfone groups is 1. The minimum absolute atomic E-state index is 0.0629. The van der Waals surface area contributed by atoms with Crippen LogP contribution in [-0.4, -0.2) is 25.6 Å². The van der Waals surface area contributed by atoms with Gasteiger partial charge in [-0.1, -0.05) is 35.3 Å². The van der Waals surface area contributed by atoms with E-state index in [-0.39, 0.29) is 11.7 Å². The van der Waals surface area contributed by atoms with Gasteiger partial charge in [0.25, 0.3) is 5.91 Å². The molecule has 0 atom stereocenters. The number of amides is 1. The maximum atomic E-state index is 12.4. The summed E-state index contributed by atoms with van der Waals surface area (Å²) in [7, 11) is -3.12. The van der Waals surface area contributed by atoms with Crippen LogP contribution < -0.4 is 5.32 Å². The van der Waals surface area contributed by atoms with Gasteiger partial charge < -0.3 is 0 Å². The van der Waals surface area contributed by atoms with Crippen LogP contribution in [0.25, 0.3) is 11.3 Å². The molecule has 2 aromatic carbocycles. The van der Waals surface area contributed by atoms with E-state index in [4.69, 9.17) is 23.2 Å². The van der Waals surface area contributed by atoms with E-state index in [1.54, 1.807) is 47.8 Å². The summed E-state index contributed by atoms with van der Waals surface area (Å²) in [5.74, 6) is -0.393. The van der Waals surface area contributed by atoms with Crippen molar-refractivity contribution in [2.24, 2.45) is 0 Å². The van der Waals surface area contributed by atoms with Crippen LogP contribution in [0.3, 0.4) is 0 Å². The highest BCUT2D eigenvalue weighted by Gasteiger charge is 2.13. The molecule has 27 heavy (non-hydrogen) atoms. The molecular formula is C18H14Cl2N2O3S2. The molecule has 1 N–H and O–H groups in total. The van der Waals surface area contributed by atoms with Crippen LogP contribution in [0.15, 0.2) is 47.8 Å². The molecule has 0 aliphatic heterocycles. The van der Waals surface area contributed by atoms with Gasteiger partial charge in [0.05, 0.1) is 16.5 Å². The number of thiazole rings is 1. The summed E-state index contributed by atoms with van der Waals surface area (Å²) in [4.78, 5) is 16.7. The summed E-state index contributed by atoms with van der Waals surface area (Å²) in [6, 6.07) is 11.5. The van der Waals surface area contributed by atoms with Crippen molar-refractivity contribution in [1.82, 2.24) is 4.98 Å². The topological polar surface area (TPSA) is 76.1 Å². The molecular weight excluding hydrogens is 427 g/mol. The van der Waals surface area contributed by atoms with Crippen LogP contribution in [0.2, 0.25) is 10.0 Å². The number of halogens is 2. The molecule has 3 aromatic rings. The van der Waals surface area contributed by atoms with Crippen molar-refractivity contribution in [3.05, 3.63) is 69.0 Å². The van der Waals surface area contributed by atoms with E-state index in [1.807, 2.05) is 0 Å². The molecule has 140 valence electrons. The number of benzene rings is 2. The number of anilines is 1. The lowest BCUT2D eigenvalue weighted by Gasteiger charge is -2.04. The fourth-order valence-corrected chi connectivity index (χ4v) is 4.39. The Morgan fingerprint density at radius 2 is 1.85 bits per heavy atom. The smallest absolute Gasteiger partial charge is 0.257 e. The Balaban J connectivity index is 1.72. The van der Waals surface area contributed by atoms with E-state index in [2.05, 4.69) is 10.3 Å². The minimum Gasteiger partial charge on any atom is -0.298 e. The SMILES string of the molecule is CS(=O)(=O)Cc1ccc(C(=O)Nc2nc(-c3ccc(Cl)cc3Cl)cs2)cc1. The zero-order valence-corrected chi connectivity index (χ0v) is 17.2. The van der Waals surface area contributed by atoms with Crippen LogP contribution >= 0.6 is 34.5 Å². The molecule has 0 saturated carbocycles. The second-order valence-electron chi connectivity index (χ2n) is 5.88. The zero-order valence-electron chi connectivity index (χ0n) is 14.1. The Labute approximate surface area is 170 Å². The number of carbonyl (C=O) groups excluding carboxylic acids is 1. The number of aromatic nitrogens is 1. The third-order valence-corrected chi connectivity index (χ3v) is 5.74. The normalized spacial score (nSPS) is 11.4. The average Bonchev–Trinajstić information content (AvgIpc) is 3.02. The van der Waals surface area contributed by atoms with Crippen LogP contribution in [0.4, 0.5) is 5.13 Å². The van der Waals surface area contributed by atoms with Gasteiger partial charge in [-0.05, 0) is 35.9 Å². The Kier molecular flexibility index (Phi) is 5.86. The molecule has 0 spiro atoms. The van der Waals surface area contributed by atoms with Crippen molar-refractivity contribution < 1.29 is 13.2 Å². The molecule has 0 unspecified atom stereocenters. The maximum absolute atomic E-state index is 12.4. The van der Waals surface area contributed by atoms with Gasteiger partial charge in [-0.25, -0.2) is 13.4 Å². The van der Waals surface area contributed by atoms with Crippen molar-refractivity contribution >= 4 is 55.4 Å². The van der Waals surface area contributed by atoms with E-state index in [0.29, 0.717) is 32.0 Å². The largest absolute Gasteiger partial charge is 0.298 e. The first-order valence-corrected chi connectivity index (χ1v) is 11.4. The number of nitrogens with one attached hydrogen (secondary N) is 1. The Bertz CT molecular complexity index is 1090. The minimum atomic E-state index is -3.12. The summed E-state index contributed by atoms with van der Waals surface area (Å²) in [6.07, 6.45) is 1.17. The highest BCUT2D eigenvalue weighted by Crippen LogP contribution is 2.32. The van der Waals surface area contributed by atoms with Gasteiger partial charge in [-0.15, -0.1) is 11.3 Å². The highest BCUT2D eigenvalue weighted by atomic mass is 35.5. The molecule has 0 bridgehead atoms. The second-order valence-corrected chi connectivity index (χ2v) is 9.73. The fraction of sp³-hybridized carbons (Fsp3) is 0.111. The van der Waals surface area contributed by atoms with Crippen molar-refractivity contribution in [2.75, 3.05) is 11.6 Å². The third kappa shape index (κ3) is 5.29. The van der Waals surface area contributed by atoms with Crippen molar-refractivity contribution in [1.29, 1.82) is 0 Å². The summed E-state index contributed by atoms with van der Waals surface area (Å²) in [5.41, 5.74) is 2.40. The summed E-state index contributed by atoms with van der Waals surface area (Å²) >= 11 is 13.4. The second kappa shape index (κ2) is 7.98. The van der Waals surface area contributed by atoms with E-state index >= 15 is 0 Å². The molecule has 3 rings (SSSR count). The molecule has 1 heterocycles. The summed E-state index contributed by atoms with van der Waals surface area (Å²) in [6.45, 7) is 0. The van der Waals surface area contributed by atoms with Gasteiger partial charge in [0.15, 0.2) is 15.0 Å². The first-order valence-electron chi connectivity index (χ1n) is 7.70. The van der Waals surface area contributed by atoms with Crippen LogP contribution in [0, 0.1) is 0 Å². The maximum Gasteiger partial charge on any atom is 0.257 e. The Hall–Kier alpha value is -1.93. The van der Waals surface area contributed by atoms with E-state index in [1.165, 1.54) is 17.6 Å². The summed E-state index contributed by atoms with van der Waals surface area (Å²) in [5, 5.41) is 5.96. The molecule has 0 aliphatic carbocycles. The van der Waals surface area contributed by atoms with Gasteiger partial charge >= 0.3 is 0 Å². The zero-order chi connectivity index (χ0) is 19.6. The van der Waals surface area contributed by atoms with Crippen LogP contribution in [-0.2, 0) is 15.6 Å². The standard InChI is InChI=1S/C18H14Cl2N2O3S2/c1-27(24,25)10-11-2-4-12(5-3-11)17(23)22-18-21-16(9-26-18)14-7-6-13(19)8-15(14)20/h2-9H,10H2,1H3,(H,21,22,23). The van der Waals surface area contributed by atoms with Crippen molar-refractivity contribution in [3.8, 4) is 11.3 Å². The van der Waals surface area contributed by atoms with E-state index < -0.39 is 9.84 Å². The third-order valence-electron chi connectivity index (χ3n) is 3.58. The van der Waals surface area contributed by atoms with Crippen molar-refractivity contribution in [3.63, 3.8) is 0 Å². The van der Waals surface area contributed by atoms with Gasteiger partial charge in [0, 0.05) is 27.8 Å². The lowest BCUT2D eigenvalue weighted by atomic mass is 10.1. The van der Waals surface area contributed by atoms with Crippen LogP contribution in [0.1, 0.15) is 15.9 Å². The lowest BCUT2D eigenvalue weighted by Crippen LogP contribution is -2.11. The molecule has 0 fully saturated rings. The number of nitrogens with zero attached hydrogens (tertiary/aromatic N) is 1. The number of hydrogen-bond donors (Lipinski definition) is 1. The van der Waals surface area contributed by atoms with Crippen LogP contribution in [0.5, 0.6) is 0 Å². The van der Waals surface area contributed by atoms with E-state index in [0.717, 1.165) is 5.56 Å². The highest BCUT2D eigenvalue weighted by molar-refractivity contribution is 7.89. The molecule has 5 nitrogen and oxygen atoms in total. The number of hydrogen-bond acceptors (Lipinski definition) is 5. The fourth-order valence-electron chi connectivity index (χ4n) is 2.38. The molecule has 0 saturated heterocycles. The number of rotatable bonds is 5. The van der Waals surface area contributed by atoms with Crippen molar-refractivity contribution in [2.45, 2.75) is 5.75 Å². The summed E-state index contributed by atoms with van der Waals surface area (Å²) < 4.78 is 22.6. The number of carbonyl (C=O) groups is 1. The van der Waals surface area contributed by atoms with Gasteiger partial charge in [-0.3, -0.25) is 10.1 Å². The first-order chi connectivity index (χ1) is 12.7. The van der Waals surface area contributed by atoms with Gasteiger partial charge in [-0.2, -0.15) is 0 Å². The Morgan fingerprint density at radius 1 is 1.15 bits per heavy atom.